The molecule has 2 atom stereocenters. The molecule has 3 N–H and O–H groups in total. The van der Waals surface area contributed by atoms with E-state index in [0.29, 0.717) is 12.3 Å². The molecule has 0 radical (unpaired) electrons. The van der Waals surface area contributed by atoms with Gasteiger partial charge in [0.05, 0.1) is 5.54 Å². The summed E-state index contributed by atoms with van der Waals surface area (Å²) in [6.07, 6.45) is 8.43. The Morgan fingerprint density at radius 1 is 1.27 bits per heavy atom. The number of amides is 1. The molecule has 3 nitrogen and oxygen atoms in total. The number of aryl methyl sites for hydroxylation is 1. The highest BCUT2D eigenvalue weighted by Crippen LogP contribution is 2.39. The molecule has 2 aliphatic carbocycles. The maximum absolute atomic E-state index is 12.6. The third-order valence-electron chi connectivity index (χ3n) is 5.57. The van der Waals surface area contributed by atoms with Crippen LogP contribution in [0.15, 0.2) is 24.3 Å². The van der Waals surface area contributed by atoms with Gasteiger partial charge in [-0.3, -0.25) is 4.79 Å². The van der Waals surface area contributed by atoms with Gasteiger partial charge < -0.3 is 11.1 Å². The molecule has 0 saturated heterocycles. The van der Waals surface area contributed by atoms with Crippen LogP contribution < -0.4 is 11.1 Å². The number of carbonyl (C=O) groups excluding carboxylic acids is 1. The summed E-state index contributed by atoms with van der Waals surface area (Å²) in [6.45, 7) is 2.12. The Morgan fingerprint density at radius 3 is 2.68 bits per heavy atom. The minimum absolute atomic E-state index is 0.147. The van der Waals surface area contributed by atoms with Gasteiger partial charge in [0, 0.05) is 12.5 Å². The maximum atomic E-state index is 12.6. The predicted molar refractivity (Wildman–Crippen MR) is 89.4 cm³/mol. The standard InChI is InChI=1S/C19H28N2O/c1-14-6-4-8-16(12-14)19(10-2-3-11-19)21-18(22)13-15-7-5-9-17(15)20/h4,6,8,12,15,17H,2-3,5,7,9-11,13,20H2,1H3,(H,21,22)/t15-,17+/m0/s1. The highest BCUT2D eigenvalue weighted by molar-refractivity contribution is 5.77. The van der Waals surface area contributed by atoms with Crippen molar-refractivity contribution in [3.8, 4) is 0 Å². The van der Waals surface area contributed by atoms with Gasteiger partial charge in [-0.05, 0) is 44.1 Å². The van der Waals surface area contributed by atoms with Crippen molar-refractivity contribution in [2.75, 3.05) is 0 Å². The molecule has 1 amide bonds. The molecule has 0 bridgehead atoms. The molecule has 1 aromatic carbocycles. The van der Waals surface area contributed by atoms with Gasteiger partial charge in [0.2, 0.25) is 5.91 Å². The SMILES string of the molecule is Cc1cccc(C2(NC(=O)C[C@@H]3CCC[C@H]3N)CCCC2)c1. The fourth-order valence-corrected chi connectivity index (χ4v) is 4.28. The van der Waals surface area contributed by atoms with Crippen LogP contribution in [0, 0.1) is 12.8 Å². The summed E-state index contributed by atoms with van der Waals surface area (Å²) in [7, 11) is 0. The molecule has 2 fully saturated rings. The van der Waals surface area contributed by atoms with Crippen molar-refractivity contribution in [3.05, 3.63) is 35.4 Å². The summed E-state index contributed by atoms with van der Waals surface area (Å²) in [5.74, 6) is 0.557. The van der Waals surface area contributed by atoms with E-state index in [9.17, 15) is 4.79 Å². The van der Waals surface area contributed by atoms with E-state index in [4.69, 9.17) is 5.73 Å². The van der Waals surface area contributed by atoms with E-state index in [1.165, 1.54) is 30.4 Å². The van der Waals surface area contributed by atoms with E-state index in [0.717, 1.165) is 25.7 Å². The van der Waals surface area contributed by atoms with Crippen molar-refractivity contribution in [2.24, 2.45) is 11.7 Å². The Kier molecular flexibility index (Phi) is 4.53. The van der Waals surface area contributed by atoms with E-state index in [1.54, 1.807) is 0 Å². The zero-order valence-electron chi connectivity index (χ0n) is 13.6. The third kappa shape index (κ3) is 3.19. The highest BCUT2D eigenvalue weighted by Gasteiger charge is 2.38. The van der Waals surface area contributed by atoms with E-state index in [1.807, 2.05) is 0 Å². The lowest BCUT2D eigenvalue weighted by atomic mass is 9.86. The second-order valence-electron chi connectivity index (χ2n) is 7.27. The molecule has 3 heteroatoms. The number of benzene rings is 1. The predicted octanol–water partition coefficient (Wildman–Crippen LogP) is 3.40. The Morgan fingerprint density at radius 2 is 2.05 bits per heavy atom. The van der Waals surface area contributed by atoms with Crippen molar-refractivity contribution in [2.45, 2.75) is 69.9 Å². The van der Waals surface area contributed by atoms with Crippen LogP contribution in [0.3, 0.4) is 0 Å². The first-order chi connectivity index (χ1) is 10.6. The van der Waals surface area contributed by atoms with Crippen molar-refractivity contribution < 1.29 is 4.79 Å². The van der Waals surface area contributed by atoms with Crippen LogP contribution in [-0.2, 0) is 10.3 Å². The van der Waals surface area contributed by atoms with E-state index in [-0.39, 0.29) is 17.5 Å². The molecule has 0 unspecified atom stereocenters. The summed E-state index contributed by atoms with van der Waals surface area (Å²) >= 11 is 0. The Labute approximate surface area is 133 Å². The smallest absolute Gasteiger partial charge is 0.221 e. The van der Waals surface area contributed by atoms with E-state index in [2.05, 4.69) is 36.5 Å². The molecule has 120 valence electrons. The van der Waals surface area contributed by atoms with Crippen LogP contribution in [0.5, 0.6) is 0 Å². The van der Waals surface area contributed by atoms with Gasteiger partial charge in [0.25, 0.3) is 0 Å². The van der Waals surface area contributed by atoms with E-state index < -0.39 is 0 Å². The van der Waals surface area contributed by atoms with Crippen molar-refractivity contribution in [3.63, 3.8) is 0 Å². The van der Waals surface area contributed by atoms with Gasteiger partial charge in [-0.25, -0.2) is 0 Å². The summed E-state index contributed by atoms with van der Waals surface area (Å²) in [4.78, 5) is 12.6. The quantitative estimate of drug-likeness (QED) is 0.895. The average molecular weight is 300 g/mol. The lowest BCUT2D eigenvalue weighted by Crippen LogP contribution is -2.45. The largest absolute Gasteiger partial charge is 0.347 e. The van der Waals surface area contributed by atoms with Gasteiger partial charge in [0.1, 0.15) is 0 Å². The van der Waals surface area contributed by atoms with Gasteiger partial charge in [-0.15, -0.1) is 0 Å². The molecule has 2 saturated carbocycles. The number of hydrogen-bond donors (Lipinski definition) is 2. The molecule has 0 heterocycles. The van der Waals surface area contributed by atoms with Crippen LogP contribution in [-0.4, -0.2) is 11.9 Å². The monoisotopic (exact) mass is 300 g/mol. The van der Waals surface area contributed by atoms with Crippen LogP contribution >= 0.6 is 0 Å². The minimum atomic E-state index is -0.147. The fraction of sp³-hybridized carbons (Fsp3) is 0.632. The molecule has 2 aliphatic rings. The average Bonchev–Trinajstić information content (AvgIpc) is 3.10. The van der Waals surface area contributed by atoms with Crippen molar-refractivity contribution >= 4 is 5.91 Å². The first-order valence-electron chi connectivity index (χ1n) is 8.73. The summed E-state index contributed by atoms with van der Waals surface area (Å²) in [5.41, 5.74) is 8.50. The van der Waals surface area contributed by atoms with Gasteiger partial charge >= 0.3 is 0 Å². The lowest BCUT2D eigenvalue weighted by Gasteiger charge is -2.32. The fourth-order valence-electron chi connectivity index (χ4n) is 4.28. The maximum Gasteiger partial charge on any atom is 0.221 e. The van der Waals surface area contributed by atoms with Crippen LogP contribution in [0.2, 0.25) is 0 Å². The number of rotatable bonds is 4. The summed E-state index contributed by atoms with van der Waals surface area (Å²) < 4.78 is 0. The Bertz CT molecular complexity index is 534. The molecule has 0 aliphatic heterocycles. The van der Waals surface area contributed by atoms with Crippen LogP contribution in [0.25, 0.3) is 0 Å². The van der Waals surface area contributed by atoms with Gasteiger partial charge in [-0.1, -0.05) is 49.1 Å². The Hall–Kier alpha value is -1.35. The second kappa shape index (κ2) is 6.41. The van der Waals surface area contributed by atoms with Crippen molar-refractivity contribution in [1.82, 2.24) is 5.32 Å². The van der Waals surface area contributed by atoms with E-state index >= 15 is 0 Å². The van der Waals surface area contributed by atoms with Crippen molar-refractivity contribution in [1.29, 1.82) is 0 Å². The number of hydrogen-bond acceptors (Lipinski definition) is 2. The molecular formula is C19H28N2O. The number of nitrogens with one attached hydrogen (secondary N) is 1. The normalized spacial score (nSPS) is 27.0. The molecule has 0 spiro atoms. The molecular weight excluding hydrogens is 272 g/mol. The van der Waals surface area contributed by atoms with Gasteiger partial charge in [0.15, 0.2) is 0 Å². The number of nitrogens with two attached hydrogens (primary N) is 1. The topological polar surface area (TPSA) is 55.1 Å². The summed E-state index contributed by atoms with van der Waals surface area (Å²) in [5, 5.41) is 3.39. The number of carbonyl (C=O) groups is 1. The zero-order valence-corrected chi connectivity index (χ0v) is 13.6. The summed E-state index contributed by atoms with van der Waals surface area (Å²) in [6, 6.07) is 8.83. The molecule has 0 aromatic heterocycles. The molecule has 1 aromatic rings. The van der Waals surface area contributed by atoms with Crippen LogP contribution in [0.4, 0.5) is 0 Å². The zero-order chi connectivity index (χ0) is 15.6. The van der Waals surface area contributed by atoms with Gasteiger partial charge in [-0.2, -0.15) is 0 Å². The second-order valence-corrected chi connectivity index (χ2v) is 7.27. The third-order valence-corrected chi connectivity index (χ3v) is 5.57. The van der Waals surface area contributed by atoms with Crippen LogP contribution in [0.1, 0.15) is 62.5 Å². The minimum Gasteiger partial charge on any atom is -0.347 e. The first-order valence-corrected chi connectivity index (χ1v) is 8.73. The first kappa shape index (κ1) is 15.5. The molecule has 22 heavy (non-hydrogen) atoms. The lowest BCUT2D eigenvalue weighted by molar-refractivity contribution is -0.124. The Balaban J connectivity index is 1.73. The molecule has 3 rings (SSSR count). The highest BCUT2D eigenvalue weighted by atomic mass is 16.1.